The fraction of sp³-hybridized carbons (Fsp3) is 0.455. The Bertz CT molecular complexity index is 611. The Labute approximate surface area is 106 Å². The lowest BCUT2D eigenvalue weighted by molar-refractivity contribution is -0.250. The van der Waals surface area contributed by atoms with Gasteiger partial charge in [-0.2, -0.15) is 13.2 Å². The number of nitrogens with one attached hydrogen (secondary N) is 1. The monoisotopic (exact) mass is 272 g/mol. The average molecular weight is 272 g/mol. The second-order valence-electron chi connectivity index (χ2n) is 4.64. The summed E-state index contributed by atoms with van der Waals surface area (Å²) in [7, 11) is 0. The van der Waals surface area contributed by atoms with Crippen molar-refractivity contribution in [2.24, 2.45) is 0 Å². The molecule has 2 aromatic heterocycles. The van der Waals surface area contributed by atoms with Gasteiger partial charge in [-0.15, -0.1) is 0 Å². The third kappa shape index (κ3) is 1.83. The predicted octanol–water partition coefficient (Wildman–Crippen LogP) is 1.46. The molecule has 19 heavy (non-hydrogen) atoms. The first-order chi connectivity index (χ1) is 8.91. The third-order valence-corrected chi connectivity index (χ3v) is 3.41. The number of aromatic nitrogens is 3. The number of rotatable bonds is 1. The molecule has 3 rings (SSSR count). The number of fused-ring (bicyclic) bond motifs is 1. The molecule has 3 heterocycles. The van der Waals surface area contributed by atoms with Crippen LogP contribution in [-0.4, -0.2) is 44.9 Å². The molecule has 0 aromatic carbocycles. The molecule has 0 amide bonds. The highest BCUT2D eigenvalue weighted by Crippen LogP contribution is 2.39. The van der Waals surface area contributed by atoms with Gasteiger partial charge in [0, 0.05) is 19.2 Å². The summed E-state index contributed by atoms with van der Waals surface area (Å²) in [5.74, 6) is 0.409. The Hall–Kier alpha value is -1.83. The van der Waals surface area contributed by atoms with Crippen LogP contribution in [0, 0.1) is 0 Å². The van der Waals surface area contributed by atoms with E-state index in [0.717, 1.165) is 0 Å². The Kier molecular flexibility index (Phi) is 2.46. The lowest BCUT2D eigenvalue weighted by Crippen LogP contribution is -2.47. The van der Waals surface area contributed by atoms with Gasteiger partial charge in [0.1, 0.15) is 17.8 Å². The van der Waals surface area contributed by atoms with E-state index in [4.69, 9.17) is 0 Å². The number of aromatic amines is 1. The number of anilines is 1. The largest absolute Gasteiger partial charge is 0.418 e. The van der Waals surface area contributed by atoms with Crippen LogP contribution in [0.5, 0.6) is 0 Å². The highest BCUT2D eigenvalue weighted by molar-refractivity contribution is 5.87. The maximum absolute atomic E-state index is 12.8. The minimum absolute atomic E-state index is 0.104. The maximum Gasteiger partial charge on any atom is 0.418 e. The standard InChI is InChI=1S/C11H11F3N4O/c12-11(13,14)10(19)2-4-18(5-10)9-7-1-3-15-8(7)16-6-17-9/h1,3,6,19H,2,4-5H2,(H,15,16,17). The quantitative estimate of drug-likeness (QED) is 0.825. The third-order valence-electron chi connectivity index (χ3n) is 3.41. The Morgan fingerprint density at radius 2 is 2.16 bits per heavy atom. The Morgan fingerprint density at radius 1 is 1.37 bits per heavy atom. The van der Waals surface area contributed by atoms with Gasteiger partial charge in [0.2, 0.25) is 0 Å². The first-order valence-corrected chi connectivity index (χ1v) is 5.73. The molecule has 1 atom stereocenters. The first kappa shape index (κ1) is 12.2. The lowest BCUT2D eigenvalue weighted by Gasteiger charge is -2.26. The van der Waals surface area contributed by atoms with Crippen LogP contribution in [0.15, 0.2) is 18.6 Å². The number of hydrogen-bond donors (Lipinski definition) is 2. The molecular formula is C11H11F3N4O. The van der Waals surface area contributed by atoms with Crippen molar-refractivity contribution < 1.29 is 18.3 Å². The molecule has 1 fully saturated rings. The molecule has 8 heteroatoms. The average Bonchev–Trinajstić information content (AvgIpc) is 2.94. The summed E-state index contributed by atoms with van der Waals surface area (Å²) in [6.45, 7) is -0.402. The molecule has 0 spiro atoms. The van der Waals surface area contributed by atoms with E-state index in [1.165, 1.54) is 11.2 Å². The van der Waals surface area contributed by atoms with Crippen molar-refractivity contribution in [2.45, 2.75) is 18.2 Å². The second kappa shape index (κ2) is 3.83. The van der Waals surface area contributed by atoms with E-state index in [-0.39, 0.29) is 13.0 Å². The lowest BCUT2D eigenvalue weighted by atomic mass is 10.0. The molecule has 0 radical (unpaired) electrons. The van der Waals surface area contributed by atoms with Gasteiger partial charge < -0.3 is 15.0 Å². The first-order valence-electron chi connectivity index (χ1n) is 5.73. The highest BCUT2D eigenvalue weighted by Gasteiger charge is 2.57. The van der Waals surface area contributed by atoms with Crippen LogP contribution in [0.3, 0.4) is 0 Å². The Balaban J connectivity index is 1.95. The van der Waals surface area contributed by atoms with E-state index in [9.17, 15) is 18.3 Å². The second-order valence-corrected chi connectivity index (χ2v) is 4.64. The summed E-state index contributed by atoms with van der Waals surface area (Å²) in [5.41, 5.74) is -2.10. The molecule has 0 aliphatic carbocycles. The van der Waals surface area contributed by atoms with Crippen LogP contribution in [-0.2, 0) is 0 Å². The fourth-order valence-electron chi connectivity index (χ4n) is 2.32. The minimum atomic E-state index is -4.63. The maximum atomic E-state index is 12.8. The molecule has 1 aliphatic heterocycles. The van der Waals surface area contributed by atoms with Crippen LogP contribution in [0.1, 0.15) is 6.42 Å². The summed E-state index contributed by atoms with van der Waals surface area (Å²) in [6.07, 6.45) is -2.05. The van der Waals surface area contributed by atoms with Gasteiger partial charge >= 0.3 is 6.18 Å². The molecule has 2 aromatic rings. The molecule has 2 N–H and O–H groups in total. The van der Waals surface area contributed by atoms with E-state index in [0.29, 0.717) is 16.9 Å². The van der Waals surface area contributed by atoms with Crippen LogP contribution in [0.4, 0.5) is 19.0 Å². The van der Waals surface area contributed by atoms with Crippen LogP contribution in [0.2, 0.25) is 0 Å². The van der Waals surface area contributed by atoms with Gasteiger partial charge in [-0.25, -0.2) is 9.97 Å². The number of nitrogens with zero attached hydrogens (tertiary/aromatic N) is 3. The molecule has 1 unspecified atom stereocenters. The number of hydrogen-bond acceptors (Lipinski definition) is 4. The van der Waals surface area contributed by atoms with Crippen molar-refractivity contribution in [3.05, 3.63) is 18.6 Å². The number of H-pyrrole nitrogens is 1. The molecule has 1 saturated heterocycles. The number of alkyl halides is 3. The van der Waals surface area contributed by atoms with E-state index in [1.807, 2.05) is 0 Å². The summed E-state index contributed by atoms with van der Waals surface area (Å²) in [6, 6.07) is 1.70. The van der Waals surface area contributed by atoms with Gasteiger partial charge in [0.05, 0.1) is 11.9 Å². The summed E-state index contributed by atoms with van der Waals surface area (Å²) in [5, 5.41) is 10.3. The summed E-state index contributed by atoms with van der Waals surface area (Å²) in [4.78, 5) is 12.3. The van der Waals surface area contributed by atoms with E-state index >= 15 is 0 Å². The Morgan fingerprint density at radius 3 is 2.84 bits per heavy atom. The van der Waals surface area contributed by atoms with Gasteiger partial charge in [-0.3, -0.25) is 0 Å². The van der Waals surface area contributed by atoms with Gasteiger partial charge in [-0.05, 0) is 6.07 Å². The van der Waals surface area contributed by atoms with Crippen molar-refractivity contribution >= 4 is 16.9 Å². The molecule has 0 bridgehead atoms. The van der Waals surface area contributed by atoms with Crippen LogP contribution < -0.4 is 4.90 Å². The number of halogens is 3. The van der Waals surface area contributed by atoms with Crippen LogP contribution >= 0.6 is 0 Å². The SMILES string of the molecule is OC1(C(F)(F)F)CCN(c2ncnc3[nH]ccc23)C1. The predicted molar refractivity (Wildman–Crippen MR) is 61.7 cm³/mol. The zero-order chi connectivity index (χ0) is 13.7. The van der Waals surface area contributed by atoms with Gasteiger partial charge in [0.25, 0.3) is 0 Å². The van der Waals surface area contributed by atoms with Crippen molar-refractivity contribution in [2.75, 3.05) is 18.0 Å². The summed E-state index contributed by atoms with van der Waals surface area (Å²) < 4.78 is 38.3. The van der Waals surface area contributed by atoms with Crippen LogP contribution in [0.25, 0.3) is 11.0 Å². The molecule has 1 aliphatic rings. The molecule has 0 saturated carbocycles. The van der Waals surface area contributed by atoms with E-state index in [1.54, 1.807) is 12.3 Å². The van der Waals surface area contributed by atoms with E-state index in [2.05, 4.69) is 15.0 Å². The van der Waals surface area contributed by atoms with Crippen molar-refractivity contribution in [1.29, 1.82) is 0 Å². The van der Waals surface area contributed by atoms with Crippen molar-refractivity contribution in [3.63, 3.8) is 0 Å². The number of aliphatic hydroxyl groups is 1. The topological polar surface area (TPSA) is 65.0 Å². The summed E-state index contributed by atoms with van der Waals surface area (Å²) >= 11 is 0. The van der Waals surface area contributed by atoms with Crippen molar-refractivity contribution in [3.8, 4) is 0 Å². The smallest absolute Gasteiger partial charge is 0.379 e. The molecular weight excluding hydrogens is 261 g/mol. The molecule has 5 nitrogen and oxygen atoms in total. The zero-order valence-corrected chi connectivity index (χ0v) is 9.78. The molecule has 102 valence electrons. The fourth-order valence-corrected chi connectivity index (χ4v) is 2.32. The number of β-amino-alcohol motifs (C(OH)–C–C–N with tert-alkyl or cyclic N) is 1. The van der Waals surface area contributed by atoms with E-state index < -0.39 is 18.3 Å². The van der Waals surface area contributed by atoms with Crippen molar-refractivity contribution in [1.82, 2.24) is 15.0 Å². The zero-order valence-electron chi connectivity index (χ0n) is 9.78. The van der Waals surface area contributed by atoms with Gasteiger partial charge in [0.15, 0.2) is 5.60 Å². The normalized spacial score (nSPS) is 24.3. The van der Waals surface area contributed by atoms with Gasteiger partial charge in [-0.1, -0.05) is 0 Å². The highest BCUT2D eigenvalue weighted by atomic mass is 19.4. The minimum Gasteiger partial charge on any atom is -0.379 e.